The molecule has 3 amide bonds. The van der Waals surface area contributed by atoms with Crippen molar-refractivity contribution in [2.24, 2.45) is 16.6 Å². The molecule has 4 rings (SSSR count). The van der Waals surface area contributed by atoms with Crippen molar-refractivity contribution < 1.29 is 23.5 Å². The molecule has 1 unspecified atom stereocenters. The summed E-state index contributed by atoms with van der Waals surface area (Å²) in [6, 6.07) is 6.87. The van der Waals surface area contributed by atoms with Crippen LogP contribution >= 0.6 is 0 Å². The van der Waals surface area contributed by atoms with Gasteiger partial charge in [0.1, 0.15) is 18.4 Å². The zero-order chi connectivity index (χ0) is 26.2. The Morgan fingerprint density at radius 3 is 2.92 bits per heavy atom. The number of rotatable bonds is 4. The summed E-state index contributed by atoms with van der Waals surface area (Å²) < 4.78 is 25.0. The molecule has 0 bridgehead atoms. The minimum Gasteiger partial charge on any atom is -0.489 e. The number of carbonyl (C=O) groups excluding carboxylic acids is 2. The van der Waals surface area contributed by atoms with Crippen molar-refractivity contribution in [3.05, 3.63) is 65.4 Å². The topological polar surface area (TPSA) is 119 Å². The Hall–Kier alpha value is -4.23. The summed E-state index contributed by atoms with van der Waals surface area (Å²) in [4.78, 5) is 34.4. The molecule has 1 aromatic heterocycles. The Morgan fingerprint density at radius 2 is 2.16 bits per heavy atom. The number of aliphatic imine (C=N–C) groups is 1. The minimum absolute atomic E-state index is 0.0645. The summed E-state index contributed by atoms with van der Waals surface area (Å²) >= 11 is 0. The number of hydrogen-bond donors (Lipinski definition) is 2. The molecule has 0 spiro atoms. The van der Waals surface area contributed by atoms with Gasteiger partial charge in [0.25, 0.3) is 5.91 Å². The molecular weight excluding hydrogens is 477 g/mol. The van der Waals surface area contributed by atoms with E-state index in [-0.39, 0.29) is 18.9 Å². The van der Waals surface area contributed by atoms with Gasteiger partial charge >= 0.3 is 6.03 Å². The van der Waals surface area contributed by atoms with Crippen molar-refractivity contribution in [3.63, 3.8) is 0 Å². The number of ether oxygens (including phenoxy) is 2. The number of carbonyl (C=O) groups is 2. The molecule has 1 fully saturated rings. The van der Waals surface area contributed by atoms with Crippen LogP contribution in [0, 0.1) is 23.7 Å². The van der Waals surface area contributed by atoms with E-state index in [0.29, 0.717) is 28.5 Å². The van der Waals surface area contributed by atoms with E-state index in [1.54, 1.807) is 31.3 Å². The lowest BCUT2D eigenvalue weighted by Gasteiger charge is -2.20. The smallest absolute Gasteiger partial charge is 0.341 e. The number of hydrogen-bond acceptors (Lipinski definition) is 6. The molecule has 2 aliphatic rings. The largest absolute Gasteiger partial charge is 0.489 e. The molecule has 0 aliphatic carbocycles. The van der Waals surface area contributed by atoms with E-state index >= 15 is 0 Å². The lowest BCUT2D eigenvalue weighted by atomic mass is 10.0. The van der Waals surface area contributed by atoms with E-state index in [1.165, 1.54) is 23.5 Å². The van der Waals surface area contributed by atoms with E-state index in [4.69, 9.17) is 15.2 Å². The molecule has 1 atom stereocenters. The average Bonchev–Trinajstić information content (AvgIpc) is 3.03. The van der Waals surface area contributed by atoms with Gasteiger partial charge in [-0.3, -0.25) is 4.79 Å². The maximum atomic E-state index is 13.8. The number of halogens is 1. The Balaban J connectivity index is 1.39. The predicted molar refractivity (Wildman–Crippen MR) is 137 cm³/mol. The second kappa shape index (κ2) is 12.1. The lowest BCUT2D eigenvalue weighted by molar-refractivity contribution is -0.120. The number of aromatic nitrogens is 1. The van der Waals surface area contributed by atoms with Gasteiger partial charge in [0, 0.05) is 56.1 Å². The van der Waals surface area contributed by atoms with Crippen molar-refractivity contribution in [2.75, 3.05) is 31.8 Å². The molecule has 0 radical (unpaired) electrons. The van der Waals surface area contributed by atoms with E-state index in [9.17, 15) is 14.0 Å². The lowest BCUT2D eigenvalue weighted by Crippen LogP contribution is -2.48. The normalized spacial score (nSPS) is 18.4. The van der Waals surface area contributed by atoms with Crippen LogP contribution in [0.4, 0.5) is 14.9 Å². The van der Waals surface area contributed by atoms with Gasteiger partial charge in [-0.1, -0.05) is 17.9 Å². The number of benzene rings is 1. The monoisotopic (exact) mass is 505 g/mol. The van der Waals surface area contributed by atoms with Crippen LogP contribution < -0.4 is 20.7 Å². The first kappa shape index (κ1) is 25.9. The third-order valence-corrected chi connectivity index (χ3v) is 6.09. The Kier molecular flexibility index (Phi) is 8.48. The second-order valence-corrected chi connectivity index (χ2v) is 8.68. The van der Waals surface area contributed by atoms with Crippen LogP contribution in [0.5, 0.6) is 5.75 Å². The molecular formula is C27H28FN5O4. The molecule has 2 aliphatic heterocycles. The fourth-order valence-electron chi connectivity index (χ4n) is 3.95. The summed E-state index contributed by atoms with van der Waals surface area (Å²) in [5.41, 5.74) is 7.66. The van der Waals surface area contributed by atoms with Gasteiger partial charge in [-0.25, -0.2) is 14.8 Å². The third-order valence-electron chi connectivity index (χ3n) is 6.09. The Labute approximate surface area is 214 Å². The SMILES string of the molecule is CN1C(=O)C(NC(=O)/N=C/C(=C\N)Cc2cccnc2F)COc2ccc(C#CC3CCOCC3)cc21. The standard InChI is InChI=1S/C27H28FN5O4/c1-33-23-14-19(5-4-18-8-11-36-12-9-18)6-7-24(23)37-17-22(26(33)34)32-27(35)31-16-20(15-29)13-21-3-2-10-30-25(21)28/h2-3,6-7,10,14-16,18,22H,8-9,11-13,17,29H2,1H3,(H,32,35)/b20-15-,31-16+. The van der Waals surface area contributed by atoms with Gasteiger partial charge in [0.05, 0.1) is 5.69 Å². The number of nitrogens with one attached hydrogen (secondary N) is 1. The predicted octanol–water partition coefficient (Wildman–Crippen LogP) is 2.59. The van der Waals surface area contributed by atoms with Gasteiger partial charge in [-0.15, -0.1) is 0 Å². The molecule has 2 aromatic rings. The van der Waals surface area contributed by atoms with Crippen molar-refractivity contribution >= 4 is 23.8 Å². The molecule has 3 N–H and O–H groups in total. The highest BCUT2D eigenvalue weighted by molar-refractivity contribution is 6.01. The zero-order valence-electron chi connectivity index (χ0n) is 20.4. The fraction of sp³-hybridized carbons (Fsp3) is 0.333. The van der Waals surface area contributed by atoms with Crippen molar-refractivity contribution in [2.45, 2.75) is 25.3 Å². The van der Waals surface area contributed by atoms with Crippen LogP contribution in [-0.4, -0.2) is 56.0 Å². The molecule has 0 saturated carbocycles. The average molecular weight is 506 g/mol. The Bertz CT molecular complexity index is 1280. The summed E-state index contributed by atoms with van der Waals surface area (Å²) in [5, 5.41) is 2.56. The first-order valence-electron chi connectivity index (χ1n) is 11.9. The van der Waals surface area contributed by atoms with Gasteiger partial charge in [0.2, 0.25) is 5.95 Å². The van der Waals surface area contributed by atoms with Crippen LogP contribution in [0.25, 0.3) is 0 Å². The van der Waals surface area contributed by atoms with Crippen LogP contribution in [0.2, 0.25) is 0 Å². The van der Waals surface area contributed by atoms with Crippen LogP contribution in [0.3, 0.4) is 0 Å². The first-order valence-corrected chi connectivity index (χ1v) is 11.9. The van der Waals surface area contributed by atoms with Gasteiger partial charge in [-0.05, 0) is 48.9 Å². The molecule has 1 saturated heterocycles. The van der Waals surface area contributed by atoms with Gasteiger partial charge in [-0.2, -0.15) is 4.39 Å². The Morgan fingerprint density at radius 1 is 1.35 bits per heavy atom. The molecule has 37 heavy (non-hydrogen) atoms. The van der Waals surface area contributed by atoms with Gasteiger partial charge in [0.15, 0.2) is 0 Å². The summed E-state index contributed by atoms with van der Waals surface area (Å²) in [6.45, 7) is 1.38. The van der Waals surface area contributed by atoms with E-state index in [2.05, 4.69) is 27.1 Å². The van der Waals surface area contributed by atoms with E-state index in [1.807, 2.05) is 6.07 Å². The maximum absolute atomic E-state index is 13.8. The highest BCUT2D eigenvalue weighted by atomic mass is 19.1. The fourth-order valence-corrected chi connectivity index (χ4v) is 3.95. The number of nitrogens with two attached hydrogens (primary N) is 1. The molecule has 10 heteroatoms. The number of likely N-dealkylation sites (N-methyl/N-ethyl adjacent to an activating group) is 1. The number of allylic oxidation sites excluding steroid dienone is 1. The van der Waals surface area contributed by atoms with E-state index < -0.39 is 18.0 Å². The molecule has 9 nitrogen and oxygen atoms in total. The highest BCUT2D eigenvalue weighted by Crippen LogP contribution is 2.31. The van der Waals surface area contributed by atoms with Crippen molar-refractivity contribution in [1.29, 1.82) is 0 Å². The van der Waals surface area contributed by atoms with Crippen LogP contribution in [0.1, 0.15) is 24.0 Å². The van der Waals surface area contributed by atoms with E-state index in [0.717, 1.165) is 31.6 Å². The van der Waals surface area contributed by atoms with Crippen molar-refractivity contribution in [3.8, 4) is 17.6 Å². The van der Waals surface area contributed by atoms with Gasteiger partial charge < -0.3 is 25.4 Å². The molecule has 1 aromatic carbocycles. The van der Waals surface area contributed by atoms with Crippen LogP contribution in [-0.2, 0) is 16.0 Å². The minimum atomic E-state index is -0.958. The number of urea groups is 1. The molecule has 192 valence electrons. The third kappa shape index (κ3) is 6.71. The summed E-state index contributed by atoms with van der Waals surface area (Å²) in [6.07, 6.45) is 5.73. The highest BCUT2D eigenvalue weighted by Gasteiger charge is 2.30. The zero-order valence-corrected chi connectivity index (χ0v) is 20.4. The molecule has 3 heterocycles. The first-order chi connectivity index (χ1) is 17.9. The summed E-state index contributed by atoms with van der Waals surface area (Å²) in [7, 11) is 1.62. The van der Waals surface area contributed by atoms with Crippen molar-refractivity contribution in [1.82, 2.24) is 10.3 Å². The number of amides is 3. The second-order valence-electron chi connectivity index (χ2n) is 8.68. The quantitative estimate of drug-likeness (QED) is 0.375. The number of pyridine rings is 1. The summed E-state index contributed by atoms with van der Waals surface area (Å²) in [5.74, 6) is 6.29. The number of nitrogens with zero attached hydrogens (tertiary/aromatic N) is 3. The number of anilines is 1. The van der Waals surface area contributed by atoms with Crippen LogP contribution in [0.15, 0.2) is 53.3 Å². The maximum Gasteiger partial charge on any atom is 0.341 e. The number of fused-ring (bicyclic) bond motifs is 1.